The highest BCUT2D eigenvalue weighted by Crippen LogP contribution is 2.42. The minimum atomic E-state index is 0.300. The minimum Gasteiger partial charge on any atom is -0.299 e. The van der Waals surface area contributed by atoms with Gasteiger partial charge in [-0.15, -0.1) is 6.58 Å². The lowest BCUT2D eigenvalue weighted by atomic mass is 9.66. The van der Waals surface area contributed by atoms with Gasteiger partial charge >= 0.3 is 0 Å². The molecule has 0 bridgehead atoms. The Balaban J connectivity index is 2.57. The molecule has 15 heavy (non-hydrogen) atoms. The van der Waals surface area contributed by atoms with Crippen LogP contribution >= 0.6 is 0 Å². The topological polar surface area (TPSA) is 17.1 Å². The molecule has 0 aliphatic heterocycles. The number of carbonyl (C=O) groups excluding carboxylic acids is 1. The second-order valence-electron chi connectivity index (χ2n) is 5.78. The largest absolute Gasteiger partial charge is 0.299 e. The fourth-order valence-corrected chi connectivity index (χ4v) is 2.58. The van der Waals surface area contributed by atoms with Crippen LogP contribution in [0.2, 0.25) is 0 Å². The Labute approximate surface area is 93.9 Å². The Morgan fingerprint density at radius 2 is 2.20 bits per heavy atom. The van der Waals surface area contributed by atoms with Gasteiger partial charge in [-0.05, 0) is 37.0 Å². The molecule has 1 nitrogen and oxygen atoms in total. The van der Waals surface area contributed by atoms with E-state index in [2.05, 4.69) is 27.4 Å². The Kier molecular flexibility index (Phi) is 4.12. The molecule has 1 fully saturated rings. The van der Waals surface area contributed by atoms with Crippen LogP contribution < -0.4 is 0 Å². The fourth-order valence-electron chi connectivity index (χ4n) is 2.58. The van der Waals surface area contributed by atoms with E-state index in [1.807, 2.05) is 6.08 Å². The molecular weight excluding hydrogens is 184 g/mol. The Hall–Kier alpha value is -0.590. The molecule has 1 saturated carbocycles. The number of allylic oxidation sites excluding steroid dienone is 1. The normalized spacial score (nSPS) is 29.8. The Morgan fingerprint density at radius 3 is 2.80 bits per heavy atom. The highest BCUT2D eigenvalue weighted by atomic mass is 16.1. The molecule has 0 radical (unpaired) electrons. The van der Waals surface area contributed by atoms with Crippen molar-refractivity contribution in [1.82, 2.24) is 0 Å². The number of ketones is 1. The van der Waals surface area contributed by atoms with E-state index in [1.54, 1.807) is 0 Å². The summed E-state index contributed by atoms with van der Waals surface area (Å²) in [7, 11) is 0. The molecule has 0 aromatic rings. The predicted molar refractivity (Wildman–Crippen MR) is 64.7 cm³/mol. The van der Waals surface area contributed by atoms with Crippen LogP contribution in [0, 0.1) is 17.3 Å². The zero-order valence-electron chi connectivity index (χ0n) is 10.4. The molecule has 1 unspecified atom stereocenters. The summed E-state index contributed by atoms with van der Waals surface area (Å²) < 4.78 is 0. The van der Waals surface area contributed by atoms with Gasteiger partial charge in [0.15, 0.2) is 0 Å². The molecule has 0 aromatic carbocycles. The summed E-state index contributed by atoms with van der Waals surface area (Å²) in [5, 5.41) is 0. The average Bonchev–Trinajstić information content (AvgIpc) is 2.18. The summed E-state index contributed by atoms with van der Waals surface area (Å²) in [5.74, 6) is 1.33. The molecule has 1 heteroatoms. The molecule has 0 amide bonds. The van der Waals surface area contributed by atoms with Crippen LogP contribution in [0.3, 0.4) is 0 Å². The van der Waals surface area contributed by atoms with Crippen LogP contribution in [0.1, 0.15) is 52.9 Å². The lowest BCUT2D eigenvalue weighted by Gasteiger charge is -2.38. The molecule has 0 spiro atoms. The van der Waals surface area contributed by atoms with Crippen LogP contribution in [0.4, 0.5) is 0 Å². The first kappa shape index (κ1) is 12.5. The van der Waals surface area contributed by atoms with Gasteiger partial charge in [0.2, 0.25) is 0 Å². The summed E-state index contributed by atoms with van der Waals surface area (Å²) >= 11 is 0. The third kappa shape index (κ3) is 3.48. The van der Waals surface area contributed by atoms with Crippen LogP contribution in [-0.4, -0.2) is 5.78 Å². The fraction of sp³-hybridized carbons (Fsp3) is 0.786. The van der Waals surface area contributed by atoms with Gasteiger partial charge in [-0.2, -0.15) is 0 Å². The zero-order valence-corrected chi connectivity index (χ0v) is 10.4. The van der Waals surface area contributed by atoms with Crippen molar-refractivity contribution >= 4 is 5.78 Å². The molecule has 1 rings (SSSR count). The van der Waals surface area contributed by atoms with Crippen molar-refractivity contribution in [1.29, 1.82) is 0 Å². The Morgan fingerprint density at radius 1 is 1.53 bits per heavy atom. The molecular formula is C14H24O. The van der Waals surface area contributed by atoms with Crippen molar-refractivity contribution in [3.63, 3.8) is 0 Å². The maximum atomic E-state index is 12.0. The van der Waals surface area contributed by atoms with E-state index in [0.29, 0.717) is 29.5 Å². The monoisotopic (exact) mass is 208 g/mol. The SMILES string of the molecule is C=CCCC(=O)C1CC(C)(C)CC[C@@H]1C. The van der Waals surface area contributed by atoms with Crippen LogP contribution in [0.15, 0.2) is 12.7 Å². The number of carbonyl (C=O) groups is 1. The summed E-state index contributed by atoms with van der Waals surface area (Å²) in [6, 6.07) is 0. The Bertz CT molecular complexity index is 240. The first-order chi connectivity index (χ1) is 6.96. The first-order valence-electron chi connectivity index (χ1n) is 6.10. The third-order valence-electron chi connectivity index (χ3n) is 3.74. The number of Topliss-reactive ketones (excluding diaryl/α,β-unsaturated/α-hetero) is 1. The van der Waals surface area contributed by atoms with Gasteiger partial charge in [0.25, 0.3) is 0 Å². The quantitative estimate of drug-likeness (QED) is 0.639. The van der Waals surface area contributed by atoms with Gasteiger partial charge in [0, 0.05) is 12.3 Å². The average molecular weight is 208 g/mol. The predicted octanol–water partition coefficient (Wildman–Crippen LogP) is 3.98. The van der Waals surface area contributed by atoms with Gasteiger partial charge in [-0.1, -0.05) is 26.8 Å². The van der Waals surface area contributed by atoms with Crippen LogP contribution in [0.25, 0.3) is 0 Å². The van der Waals surface area contributed by atoms with Crippen molar-refractivity contribution in [2.75, 3.05) is 0 Å². The van der Waals surface area contributed by atoms with Crippen LogP contribution in [-0.2, 0) is 4.79 Å². The summed E-state index contributed by atoms with van der Waals surface area (Å²) in [5.41, 5.74) is 0.362. The van der Waals surface area contributed by atoms with E-state index in [4.69, 9.17) is 0 Å². The zero-order chi connectivity index (χ0) is 11.5. The maximum Gasteiger partial charge on any atom is 0.136 e. The molecule has 1 aliphatic carbocycles. The first-order valence-corrected chi connectivity index (χ1v) is 6.10. The number of hydrogen-bond donors (Lipinski definition) is 0. The van der Waals surface area contributed by atoms with Gasteiger partial charge in [-0.25, -0.2) is 0 Å². The summed E-state index contributed by atoms with van der Waals surface area (Å²) in [6.45, 7) is 10.5. The molecule has 86 valence electrons. The van der Waals surface area contributed by atoms with E-state index in [1.165, 1.54) is 12.8 Å². The van der Waals surface area contributed by atoms with E-state index in [-0.39, 0.29) is 0 Å². The molecule has 0 aromatic heterocycles. The standard InChI is InChI=1S/C14H24O/c1-5-6-7-13(15)12-10-14(3,4)9-8-11(12)2/h5,11-12H,1,6-10H2,2-4H3/t11-,12?/m0/s1. The molecule has 0 saturated heterocycles. The van der Waals surface area contributed by atoms with Crippen LogP contribution in [0.5, 0.6) is 0 Å². The van der Waals surface area contributed by atoms with Gasteiger partial charge in [0.05, 0.1) is 0 Å². The lowest BCUT2D eigenvalue weighted by molar-refractivity contribution is -0.126. The molecule has 0 N–H and O–H groups in total. The lowest BCUT2D eigenvalue weighted by Crippen LogP contribution is -2.33. The van der Waals surface area contributed by atoms with E-state index < -0.39 is 0 Å². The molecule has 0 heterocycles. The van der Waals surface area contributed by atoms with Gasteiger partial charge in [0.1, 0.15) is 5.78 Å². The summed E-state index contributed by atoms with van der Waals surface area (Å²) in [6.07, 6.45) is 6.91. The maximum absolute atomic E-state index is 12.0. The second-order valence-corrected chi connectivity index (χ2v) is 5.78. The van der Waals surface area contributed by atoms with Crippen molar-refractivity contribution in [3.8, 4) is 0 Å². The van der Waals surface area contributed by atoms with Crippen molar-refractivity contribution in [2.24, 2.45) is 17.3 Å². The van der Waals surface area contributed by atoms with Gasteiger partial charge < -0.3 is 0 Å². The van der Waals surface area contributed by atoms with Gasteiger partial charge in [-0.3, -0.25) is 4.79 Å². The summed E-state index contributed by atoms with van der Waals surface area (Å²) in [4.78, 5) is 12.0. The van der Waals surface area contributed by atoms with E-state index in [0.717, 1.165) is 12.8 Å². The van der Waals surface area contributed by atoms with E-state index >= 15 is 0 Å². The number of hydrogen-bond acceptors (Lipinski definition) is 1. The number of rotatable bonds is 4. The van der Waals surface area contributed by atoms with Crippen molar-refractivity contribution in [2.45, 2.75) is 52.9 Å². The molecule has 1 aliphatic rings. The highest BCUT2D eigenvalue weighted by molar-refractivity contribution is 5.81. The third-order valence-corrected chi connectivity index (χ3v) is 3.74. The van der Waals surface area contributed by atoms with E-state index in [9.17, 15) is 4.79 Å². The highest BCUT2D eigenvalue weighted by Gasteiger charge is 2.35. The second kappa shape index (κ2) is 4.96. The smallest absolute Gasteiger partial charge is 0.136 e. The molecule has 2 atom stereocenters. The minimum absolute atomic E-state index is 0.300. The van der Waals surface area contributed by atoms with Crippen molar-refractivity contribution in [3.05, 3.63) is 12.7 Å². The van der Waals surface area contributed by atoms with Crippen molar-refractivity contribution < 1.29 is 4.79 Å².